The van der Waals surface area contributed by atoms with Gasteiger partial charge in [0, 0.05) is 0 Å². The Morgan fingerprint density at radius 3 is 1.56 bits per heavy atom. The number of rotatable bonds is 2. The van der Waals surface area contributed by atoms with Gasteiger partial charge in [0.15, 0.2) is 0 Å². The zero-order chi connectivity index (χ0) is 17.0. The van der Waals surface area contributed by atoms with Crippen LogP contribution in [0.5, 0.6) is 0 Å². The summed E-state index contributed by atoms with van der Waals surface area (Å²) < 4.78 is 2.50. The molecule has 0 saturated heterocycles. The van der Waals surface area contributed by atoms with E-state index >= 15 is 0 Å². The summed E-state index contributed by atoms with van der Waals surface area (Å²) in [6.45, 7) is 4.24. The van der Waals surface area contributed by atoms with Crippen molar-refractivity contribution in [2.75, 3.05) is 0 Å². The molecule has 0 amide bonds. The van der Waals surface area contributed by atoms with Gasteiger partial charge in [0.05, 0.1) is 30.2 Å². The second-order valence-electron chi connectivity index (χ2n) is 6.14. The van der Waals surface area contributed by atoms with Crippen LogP contribution in [0.15, 0.2) is 48.5 Å². The first-order valence-electron chi connectivity index (χ1n) is 8.01. The molecule has 0 aliphatic rings. The molecule has 122 valence electrons. The molecule has 0 aliphatic carbocycles. The third-order valence-electron chi connectivity index (χ3n) is 4.12. The van der Waals surface area contributed by atoms with Crippen LogP contribution in [0.4, 0.5) is 0 Å². The summed E-state index contributed by atoms with van der Waals surface area (Å²) in [5.74, 6) is 0. The molecule has 2 nitrogen and oxygen atoms in total. The molecule has 0 bridgehead atoms. The number of aromatic nitrogens is 2. The van der Waals surface area contributed by atoms with E-state index in [-0.39, 0.29) is 0 Å². The van der Waals surface area contributed by atoms with Gasteiger partial charge < -0.3 is 0 Å². The summed E-state index contributed by atoms with van der Waals surface area (Å²) in [5, 5.41) is 2.18. The topological polar surface area (TPSA) is 25.8 Å². The predicted molar refractivity (Wildman–Crippen MR) is 111 cm³/mol. The Kier molecular flexibility index (Phi) is 3.48. The quantitative estimate of drug-likeness (QED) is 0.333. The van der Waals surface area contributed by atoms with Crippen molar-refractivity contribution in [1.82, 2.24) is 9.97 Å². The molecule has 0 atom stereocenters. The van der Waals surface area contributed by atoms with Crippen LogP contribution in [0.3, 0.4) is 0 Å². The number of fused-ring (bicyclic) bond motifs is 2. The average Bonchev–Trinajstić information content (AvgIpc) is 3.30. The lowest BCUT2D eigenvalue weighted by Gasteiger charge is -1.88. The zero-order valence-electron chi connectivity index (χ0n) is 13.7. The van der Waals surface area contributed by atoms with E-state index in [2.05, 4.69) is 62.4 Å². The monoisotopic (exact) mass is 378 g/mol. The van der Waals surface area contributed by atoms with Crippen molar-refractivity contribution in [3.05, 3.63) is 59.7 Å². The van der Waals surface area contributed by atoms with Gasteiger partial charge in [-0.15, -0.1) is 34.0 Å². The molecule has 0 radical (unpaired) electrons. The highest BCUT2D eigenvalue weighted by Gasteiger charge is 2.13. The highest BCUT2D eigenvalue weighted by molar-refractivity contribution is 7.29. The van der Waals surface area contributed by atoms with Crippen molar-refractivity contribution in [1.29, 1.82) is 0 Å². The highest BCUT2D eigenvalue weighted by atomic mass is 32.1. The van der Waals surface area contributed by atoms with Crippen LogP contribution in [0.2, 0.25) is 0 Å². The van der Waals surface area contributed by atoms with E-state index in [1.165, 1.54) is 30.3 Å². The molecule has 3 aromatic heterocycles. The lowest BCUT2D eigenvalue weighted by molar-refractivity contribution is 1.46. The molecule has 0 N–H and O–H groups in total. The van der Waals surface area contributed by atoms with Crippen molar-refractivity contribution in [3.8, 4) is 19.8 Å². The summed E-state index contributed by atoms with van der Waals surface area (Å²) in [6.07, 6.45) is 0. The SMILES string of the molecule is Cc1ccc2nc(-c3ccc(-c4nc5ccc(C)cc5s4)s3)sc2c1. The van der Waals surface area contributed by atoms with Gasteiger partial charge in [-0.05, 0) is 61.4 Å². The molecule has 0 spiro atoms. The zero-order valence-corrected chi connectivity index (χ0v) is 16.2. The first-order valence-corrected chi connectivity index (χ1v) is 10.5. The van der Waals surface area contributed by atoms with E-state index in [1.54, 1.807) is 34.0 Å². The van der Waals surface area contributed by atoms with Gasteiger partial charge in [0.25, 0.3) is 0 Å². The maximum atomic E-state index is 4.80. The Morgan fingerprint density at radius 1 is 0.600 bits per heavy atom. The minimum absolute atomic E-state index is 1.08. The third kappa shape index (κ3) is 2.68. The molecule has 0 aliphatic heterocycles. The summed E-state index contributed by atoms with van der Waals surface area (Å²) in [6, 6.07) is 17.2. The minimum Gasteiger partial charge on any atom is -0.235 e. The van der Waals surface area contributed by atoms with Gasteiger partial charge in [0.1, 0.15) is 10.0 Å². The van der Waals surface area contributed by atoms with Crippen molar-refractivity contribution in [3.63, 3.8) is 0 Å². The minimum atomic E-state index is 1.08. The van der Waals surface area contributed by atoms with Crippen LogP contribution in [0, 0.1) is 13.8 Å². The molecule has 5 heteroatoms. The smallest absolute Gasteiger partial charge is 0.134 e. The summed E-state index contributed by atoms with van der Waals surface area (Å²) in [7, 11) is 0. The van der Waals surface area contributed by atoms with Crippen LogP contribution in [-0.2, 0) is 0 Å². The molecule has 3 heterocycles. The van der Waals surface area contributed by atoms with E-state index in [0.29, 0.717) is 0 Å². The Balaban J connectivity index is 1.56. The molecule has 0 fully saturated rings. The van der Waals surface area contributed by atoms with Crippen molar-refractivity contribution < 1.29 is 0 Å². The van der Waals surface area contributed by atoms with E-state index in [9.17, 15) is 0 Å². The van der Waals surface area contributed by atoms with Gasteiger partial charge in [0.2, 0.25) is 0 Å². The van der Waals surface area contributed by atoms with E-state index in [1.807, 2.05) is 0 Å². The fourth-order valence-corrected chi connectivity index (χ4v) is 6.09. The molecular weight excluding hydrogens is 364 g/mol. The number of thiophene rings is 1. The Hall–Kier alpha value is -2.08. The van der Waals surface area contributed by atoms with Crippen LogP contribution >= 0.6 is 34.0 Å². The Morgan fingerprint density at radius 2 is 1.08 bits per heavy atom. The number of benzene rings is 2. The predicted octanol–water partition coefficient (Wildman–Crippen LogP) is 6.92. The number of hydrogen-bond donors (Lipinski definition) is 0. The van der Waals surface area contributed by atoms with Gasteiger partial charge in [-0.3, -0.25) is 0 Å². The Labute approximate surface area is 157 Å². The fourth-order valence-electron chi connectivity index (χ4n) is 2.84. The third-order valence-corrected chi connectivity index (χ3v) is 7.58. The van der Waals surface area contributed by atoms with Crippen LogP contribution in [0.1, 0.15) is 11.1 Å². The number of hydrogen-bond acceptors (Lipinski definition) is 5. The van der Waals surface area contributed by atoms with Gasteiger partial charge >= 0.3 is 0 Å². The average molecular weight is 379 g/mol. The molecule has 2 aromatic carbocycles. The van der Waals surface area contributed by atoms with Crippen molar-refractivity contribution in [2.45, 2.75) is 13.8 Å². The van der Waals surface area contributed by atoms with Crippen molar-refractivity contribution >= 4 is 54.4 Å². The Bertz CT molecular complexity index is 1130. The molecule has 0 saturated carbocycles. The molecule has 5 aromatic rings. The van der Waals surface area contributed by atoms with Gasteiger partial charge in [-0.2, -0.15) is 0 Å². The summed E-state index contributed by atoms with van der Waals surface area (Å²) in [5.41, 5.74) is 4.71. The van der Waals surface area contributed by atoms with E-state index in [0.717, 1.165) is 21.0 Å². The van der Waals surface area contributed by atoms with Crippen LogP contribution in [0.25, 0.3) is 40.2 Å². The first-order chi connectivity index (χ1) is 12.2. The number of nitrogens with zero attached hydrogens (tertiary/aromatic N) is 2. The van der Waals surface area contributed by atoms with E-state index in [4.69, 9.17) is 9.97 Å². The normalized spacial score (nSPS) is 11.6. The van der Waals surface area contributed by atoms with E-state index < -0.39 is 0 Å². The second kappa shape index (κ2) is 5.73. The molecule has 5 rings (SSSR count). The fraction of sp³-hybridized carbons (Fsp3) is 0.100. The molecular formula is C20H14N2S3. The summed E-state index contributed by atoms with van der Waals surface area (Å²) >= 11 is 5.30. The van der Waals surface area contributed by atoms with Crippen molar-refractivity contribution in [2.24, 2.45) is 0 Å². The second-order valence-corrected chi connectivity index (χ2v) is 9.29. The van der Waals surface area contributed by atoms with Crippen LogP contribution in [-0.4, -0.2) is 9.97 Å². The molecule has 25 heavy (non-hydrogen) atoms. The standard InChI is InChI=1S/C20H14N2S3/c1-11-3-5-13-17(9-11)24-19(21-13)15-7-8-16(23-15)20-22-14-6-4-12(2)10-18(14)25-20/h3-10H,1-2H3. The van der Waals surface area contributed by atoms with Gasteiger partial charge in [-0.1, -0.05) is 12.1 Å². The lowest BCUT2D eigenvalue weighted by atomic mass is 10.2. The lowest BCUT2D eigenvalue weighted by Crippen LogP contribution is -1.71. The molecule has 0 unspecified atom stereocenters. The van der Waals surface area contributed by atoms with Gasteiger partial charge in [-0.25, -0.2) is 9.97 Å². The number of aryl methyl sites for hydroxylation is 2. The first kappa shape index (κ1) is 15.2. The number of thiazole rings is 2. The van der Waals surface area contributed by atoms with Crippen LogP contribution < -0.4 is 0 Å². The maximum absolute atomic E-state index is 4.80. The highest BCUT2D eigenvalue weighted by Crippen LogP contribution is 2.40. The maximum Gasteiger partial charge on any atom is 0.134 e. The summed E-state index contributed by atoms with van der Waals surface area (Å²) in [4.78, 5) is 12.0. The largest absolute Gasteiger partial charge is 0.235 e.